The Labute approximate surface area is 145 Å². The molecule has 0 unspecified atom stereocenters. The zero-order valence-corrected chi connectivity index (χ0v) is 12.9. The maximum atomic E-state index is 4.17. The Balaban J connectivity index is -0.0000000150. The van der Waals surface area contributed by atoms with Crippen LogP contribution in [0.15, 0.2) is 0 Å². The fourth-order valence-corrected chi connectivity index (χ4v) is 0. The number of rotatable bonds is 0. The molecule has 0 saturated heterocycles. The number of hydrogen-bond donors (Lipinski definition) is 0. The Kier molecular flexibility index (Phi) is 52.5. The molecular formula is CH2K2OS3. The van der Waals surface area contributed by atoms with Crippen molar-refractivity contribution in [2.45, 2.75) is 0 Å². The minimum atomic E-state index is 0. The summed E-state index contributed by atoms with van der Waals surface area (Å²) in [4.78, 5) is 0. The summed E-state index contributed by atoms with van der Waals surface area (Å²) in [5.74, 6) is 0. The summed E-state index contributed by atoms with van der Waals surface area (Å²) in [6, 6.07) is 0. The number of hydrogen-bond acceptors (Lipinski definition) is 3. The van der Waals surface area contributed by atoms with Crippen molar-refractivity contribution in [2.24, 2.45) is 0 Å². The van der Waals surface area contributed by atoms with Crippen LogP contribution in [-0.2, 0) is 25.3 Å². The average Bonchev–Trinajstić information content (AvgIpc) is 0.811. The quantitative estimate of drug-likeness (QED) is 0.223. The second kappa shape index (κ2) is 16.4. The monoisotopic (exact) mass is 204 g/mol. The zero-order chi connectivity index (χ0) is 3.58. The van der Waals surface area contributed by atoms with E-state index in [1.807, 2.05) is 0 Å². The van der Waals surface area contributed by atoms with Gasteiger partial charge < -0.3 is 43.0 Å². The molecule has 0 spiro atoms. The van der Waals surface area contributed by atoms with Crippen molar-refractivity contribution in [2.75, 3.05) is 0 Å². The van der Waals surface area contributed by atoms with Gasteiger partial charge in [-0.25, -0.2) is 0 Å². The molecular weight excluding hydrogens is 202 g/mol. The topological polar surface area (TPSA) is 31.5 Å². The first kappa shape index (κ1) is 22.4. The predicted molar refractivity (Wildman–Crippen MR) is 30.9 cm³/mol. The molecule has 0 aliphatic heterocycles. The summed E-state index contributed by atoms with van der Waals surface area (Å²) >= 11 is 12.5. The van der Waals surface area contributed by atoms with E-state index in [1.54, 1.807) is 0 Å². The molecule has 0 bridgehead atoms. The second-order valence-electron chi connectivity index (χ2n) is 0.250. The molecule has 0 atom stereocenters. The maximum absolute atomic E-state index is 4.17. The first-order chi connectivity index (χ1) is 1.73. The molecule has 0 aromatic carbocycles. The van der Waals surface area contributed by atoms with Crippen LogP contribution in [0, 0.1) is 0 Å². The molecule has 6 heteroatoms. The van der Waals surface area contributed by atoms with Gasteiger partial charge in [-0.05, 0) is 0 Å². The van der Waals surface area contributed by atoms with E-state index in [0.717, 1.165) is 0 Å². The molecule has 0 heterocycles. The van der Waals surface area contributed by atoms with E-state index in [-0.39, 0.29) is 112 Å². The summed E-state index contributed by atoms with van der Waals surface area (Å²) in [7, 11) is 0. The van der Waals surface area contributed by atoms with Gasteiger partial charge in [-0.1, -0.05) is 0 Å². The van der Waals surface area contributed by atoms with Gasteiger partial charge in [0.15, 0.2) is 0 Å². The minimum Gasteiger partial charge on any atom is -0.570 e. The SMILES string of the molecule is O.S=C([S-])[S-].[K+].[K+]. The third-order valence-electron chi connectivity index (χ3n) is 0. The largest absolute Gasteiger partial charge is 1.00 e. The van der Waals surface area contributed by atoms with Gasteiger partial charge in [-0.3, -0.25) is 3.53 Å². The molecule has 0 aliphatic rings. The fraction of sp³-hybridized carbons (Fsp3) is 0. The van der Waals surface area contributed by atoms with Crippen molar-refractivity contribution in [1.82, 2.24) is 0 Å². The van der Waals surface area contributed by atoms with Crippen LogP contribution in [0.25, 0.3) is 0 Å². The first-order valence-electron chi connectivity index (χ1n) is 0.612. The smallest absolute Gasteiger partial charge is 0.570 e. The molecule has 0 aromatic heterocycles. The standard InChI is InChI=1S/CH2S3.2K.H2O/c2-1(3)4;;;/h(H2,2,3,4);;;1H2/q;2*+1;/p-2. The molecule has 0 rings (SSSR count). The summed E-state index contributed by atoms with van der Waals surface area (Å²) in [5.41, 5.74) is 0. The van der Waals surface area contributed by atoms with E-state index >= 15 is 0 Å². The van der Waals surface area contributed by atoms with Gasteiger partial charge in [0.05, 0.1) is 0 Å². The van der Waals surface area contributed by atoms with Crippen molar-refractivity contribution >= 4 is 41.0 Å². The Morgan fingerprint density at radius 2 is 1.14 bits per heavy atom. The second-order valence-corrected chi connectivity index (χ2v) is 2.25. The van der Waals surface area contributed by atoms with Crippen molar-refractivity contribution in [1.29, 1.82) is 0 Å². The van der Waals surface area contributed by atoms with Crippen LogP contribution in [0.2, 0.25) is 0 Å². The van der Waals surface area contributed by atoms with Gasteiger partial charge in [0, 0.05) is 0 Å². The van der Waals surface area contributed by atoms with Gasteiger partial charge in [0.2, 0.25) is 0 Å². The normalized spacial score (nSPS) is 3.43. The van der Waals surface area contributed by atoms with Crippen molar-refractivity contribution < 1.29 is 108 Å². The van der Waals surface area contributed by atoms with E-state index in [9.17, 15) is 0 Å². The Hall–Kier alpha value is 3.76. The van der Waals surface area contributed by atoms with Crippen molar-refractivity contribution in [3.05, 3.63) is 0 Å². The van der Waals surface area contributed by atoms with E-state index in [1.165, 1.54) is 0 Å². The van der Waals surface area contributed by atoms with Crippen LogP contribution in [0.4, 0.5) is 0 Å². The predicted octanol–water partition coefficient (Wildman–Crippen LogP) is -6.45. The Morgan fingerprint density at radius 3 is 1.14 bits per heavy atom. The maximum Gasteiger partial charge on any atom is 1.00 e. The number of thiocarbonyl (C=S) groups is 1. The van der Waals surface area contributed by atoms with Crippen LogP contribution in [-0.4, -0.2) is 9.00 Å². The van der Waals surface area contributed by atoms with Crippen LogP contribution in [0.5, 0.6) is 0 Å². The fourth-order valence-electron chi connectivity index (χ4n) is 0. The molecule has 0 fully saturated rings. The van der Waals surface area contributed by atoms with E-state index in [0.29, 0.717) is 0 Å². The summed E-state index contributed by atoms with van der Waals surface area (Å²) in [6.07, 6.45) is 0. The van der Waals surface area contributed by atoms with Crippen LogP contribution in [0.1, 0.15) is 0 Å². The van der Waals surface area contributed by atoms with Gasteiger partial charge in [0.25, 0.3) is 0 Å². The minimum absolute atomic E-state index is 0. The first-order valence-corrected chi connectivity index (χ1v) is 1.84. The third kappa shape index (κ3) is 41.6. The molecule has 0 aromatic rings. The van der Waals surface area contributed by atoms with Gasteiger partial charge in [0.1, 0.15) is 0 Å². The molecule has 0 amide bonds. The van der Waals surface area contributed by atoms with Crippen LogP contribution in [0.3, 0.4) is 0 Å². The molecule has 7 heavy (non-hydrogen) atoms. The van der Waals surface area contributed by atoms with E-state index in [4.69, 9.17) is 0 Å². The molecule has 32 valence electrons. The Bertz CT molecular complexity index is 35.9. The third-order valence-corrected chi connectivity index (χ3v) is 0. The summed E-state index contributed by atoms with van der Waals surface area (Å²) < 4.78 is 0.167. The van der Waals surface area contributed by atoms with Gasteiger partial charge in [-0.2, -0.15) is 0 Å². The van der Waals surface area contributed by atoms with Gasteiger partial charge in [-0.15, -0.1) is 0 Å². The Morgan fingerprint density at radius 1 is 1.14 bits per heavy atom. The van der Waals surface area contributed by atoms with Crippen LogP contribution >= 0.6 is 12.2 Å². The van der Waals surface area contributed by atoms with Crippen LogP contribution < -0.4 is 103 Å². The summed E-state index contributed by atoms with van der Waals surface area (Å²) in [6.45, 7) is 0. The molecule has 0 radical (unpaired) electrons. The molecule has 0 saturated carbocycles. The molecule has 1 nitrogen and oxygen atoms in total. The molecule has 2 N–H and O–H groups in total. The average molecular weight is 204 g/mol. The molecule has 0 aliphatic carbocycles. The summed E-state index contributed by atoms with van der Waals surface area (Å²) in [5, 5.41) is 0. The van der Waals surface area contributed by atoms with Crippen molar-refractivity contribution in [3.63, 3.8) is 0 Å². The zero-order valence-electron chi connectivity index (χ0n) is 4.22. The van der Waals surface area contributed by atoms with Gasteiger partial charge >= 0.3 is 103 Å². The van der Waals surface area contributed by atoms with E-state index in [2.05, 4.69) is 37.5 Å². The van der Waals surface area contributed by atoms with Crippen molar-refractivity contribution in [3.8, 4) is 0 Å². The van der Waals surface area contributed by atoms with E-state index < -0.39 is 0 Å².